The van der Waals surface area contributed by atoms with Gasteiger partial charge in [-0.25, -0.2) is 13.6 Å². The Hall–Kier alpha value is -5.54. The summed E-state index contributed by atoms with van der Waals surface area (Å²) in [6.45, 7) is 11.6. The van der Waals surface area contributed by atoms with Gasteiger partial charge in [0.25, 0.3) is 11.8 Å². The molecule has 5 heterocycles. The van der Waals surface area contributed by atoms with Gasteiger partial charge in [-0.1, -0.05) is 62.0 Å². The van der Waals surface area contributed by atoms with E-state index in [2.05, 4.69) is 47.9 Å². The lowest BCUT2D eigenvalue weighted by Gasteiger charge is -2.46. The number of fused-ring (bicyclic) bond motifs is 8. The number of ether oxygens (including phenoxy) is 3. The summed E-state index contributed by atoms with van der Waals surface area (Å²) in [6, 6.07) is 23.1. The fourth-order valence-corrected chi connectivity index (χ4v) is 20.4. The Morgan fingerprint density at radius 3 is 1.63 bits per heavy atom. The molecule has 4 aliphatic heterocycles. The zero-order valence-corrected chi connectivity index (χ0v) is 57.2. The van der Waals surface area contributed by atoms with Crippen LogP contribution in [0.5, 0.6) is 17.4 Å². The Kier molecular flexibility index (Phi) is 19.5. The number of halogens is 2. The number of aryl methyl sites for hydroxylation is 3. The summed E-state index contributed by atoms with van der Waals surface area (Å²) < 4.78 is 56.9. The minimum atomic E-state index is -3.41. The van der Waals surface area contributed by atoms with Gasteiger partial charge in [0.2, 0.25) is 5.88 Å². The highest BCUT2D eigenvalue weighted by Crippen LogP contribution is 2.50. The third kappa shape index (κ3) is 13.4. The number of nitrogens with two attached hydrogens (primary N) is 1. The Morgan fingerprint density at radius 1 is 0.663 bits per heavy atom. The molecule has 496 valence electrons. The fourth-order valence-electron chi connectivity index (χ4n) is 16.4. The highest BCUT2D eigenvalue weighted by molar-refractivity contribution is 7.95. The van der Waals surface area contributed by atoms with Crippen LogP contribution in [0, 0.1) is 35.5 Å². The Labute approximate surface area is 553 Å². The summed E-state index contributed by atoms with van der Waals surface area (Å²) in [4.78, 5) is 46.0. The minimum Gasteiger partial charge on any atom is -0.490 e. The number of anilines is 2. The highest BCUT2D eigenvalue weighted by Gasteiger charge is 2.47. The summed E-state index contributed by atoms with van der Waals surface area (Å²) in [5.41, 5.74) is 7.08. The zero-order chi connectivity index (χ0) is 65.0. The maximum Gasteiger partial charge on any atom is 0.286 e. The van der Waals surface area contributed by atoms with E-state index in [4.69, 9.17) is 42.6 Å². The largest absolute Gasteiger partial charge is 0.490 e. The van der Waals surface area contributed by atoms with E-state index in [-0.39, 0.29) is 52.0 Å². The summed E-state index contributed by atoms with van der Waals surface area (Å²) >= 11 is 12.8. The van der Waals surface area contributed by atoms with Crippen molar-refractivity contribution in [1.82, 2.24) is 9.78 Å². The van der Waals surface area contributed by atoms with Crippen molar-refractivity contribution in [3.8, 4) is 17.4 Å². The van der Waals surface area contributed by atoms with Gasteiger partial charge in [0.05, 0.1) is 64.6 Å². The van der Waals surface area contributed by atoms with Crippen molar-refractivity contribution >= 4 is 71.8 Å². The van der Waals surface area contributed by atoms with E-state index in [0.29, 0.717) is 67.7 Å². The molecule has 1 aromatic heterocycles. The molecule has 8 aliphatic rings. The van der Waals surface area contributed by atoms with Crippen LogP contribution < -0.4 is 29.1 Å². The maximum absolute atomic E-state index is 15.0. The molecule has 1 unspecified atom stereocenters. The molecule has 2 amide bonds. The number of hydrogen-bond acceptors (Lipinski definition) is 13. The number of amides is 2. The standard InChI is InChI=1S/C39H49ClN4O6S.C32H42ClN3O4S/c1-24-7-5-9-34(45)30-13-10-28(30)19-44-22-39(16-6-8-26-17-29(40)12-14-32(26)39)23-50-36-15-11-27(18-33(36)44)37(47)42-51(48,25(24)2)21-35(46)31-20-43(3)41-38(31)49-4;1-20-5-3-7-29(37)26-11-8-24(26)17-36-18-32(14-4-6-22-15-25(33)10-12-27(22)32)19-40-30-13-9-23(16-28(30)36)31(38)35-41(34,39)21(20)2/h11-12,14-15,17-18,20,24-25,28,30,34,45H,5-10,13,16,19,21-23H2,1-4H3;9-10,12-13,15-16,20-21,24,26,29,37H,3-8,11,14,17-19H2,1-2H3,(H2,34,35,38,39)/t24-,25+,28-,30+,34-,39-,51-;20-,21+,24-,26+,29-,32-,41?/m00/s1. The number of benzene rings is 4. The van der Waals surface area contributed by atoms with E-state index in [9.17, 15) is 33.0 Å². The SMILES string of the molecule is COc1nn(C)cc1C(=O)C[S@@]1(=O)=NC(=O)c2ccc3c(c2)N(C[C@@H]2CC[C@H]2[C@@H](O)CCC[C@H](C)[C@H]1C)C[C@@]1(CCCc2cc(Cl)ccc21)CO3.C[C@@H]1[C@@H](C)CCC[C@H](O)[C@@H]2CC[C@H]2CN2C[C@@]3(CCCc4cc(Cl)ccc43)COc3ccc(cc32)C(=O)N=S1(N)=O. The van der Waals surface area contributed by atoms with E-state index in [1.165, 1.54) is 40.2 Å². The molecule has 21 heteroatoms. The molecule has 4 aliphatic carbocycles. The Bertz CT molecular complexity index is 3900. The molecule has 0 saturated heterocycles. The Morgan fingerprint density at radius 2 is 1.15 bits per heavy atom. The van der Waals surface area contributed by atoms with E-state index in [0.717, 1.165) is 130 Å². The summed E-state index contributed by atoms with van der Waals surface area (Å²) in [7, 11) is -3.55. The predicted molar refractivity (Wildman–Crippen MR) is 363 cm³/mol. The molecule has 5 aromatic rings. The van der Waals surface area contributed by atoms with E-state index >= 15 is 0 Å². The number of ketones is 1. The van der Waals surface area contributed by atoms with E-state index in [1.54, 1.807) is 19.2 Å². The lowest BCUT2D eigenvalue weighted by molar-refractivity contribution is 0.00838. The highest BCUT2D eigenvalue weighted by atomic mass is 35.5. The smallest absolute Gasteiger partial charge is 0.286 e. The quantitative estimate of drug-likeness (QED) is 0.142. The number of carbonyl (C=O) groups excluding carboxylic acids is 3. The predicted octanol–water partition coefficient (Wildman–Crippen LogP) is 12.5. The van der Waals surface area contributed by atoms with Gasteiger partial charge in [-0.2, -0.15) is 4.36 Å². The average Bonchev–Trinajstić information content (AvgIpc) is 1.48. The van der Waals surface area contributed by atoms with Crippen LogP contribution in [0.15, 0.2) is 87.7 Å². The Balaban J connectivity index is 0.000000182. The van der Waals surface area contributed by atoms with Crippen LogP contribution in [0.1, 0.15) is 171 Å². The van der Waals surface area contributed by atoms with Crippen molar-refractivity contribution in [2.75, 3.05) is 62.1 Å². The monoisotopic (exact) mass is 1340 g/mol. The van der Waals surface area contributed by atoms with Crippen LogP contribution in [0.3, 0.4) is 0 Å². The number of carbonyl (C=O) groups is 3. The molecule has 2 saturated carbocycles. The third-order valence-electron chi connectivity index (χ3n) is 22.5. The second-order valence-corrected chi connectivity index (χ2v) is 33.9. The minimum absolute atomic E-state index is 0.0155. The topological polar surface area (TPSA) is 229 Å². The van der Waals surface area contributed by atoms with Crippen molar-refractivity contribution in [2.45, 2.75) is 164 Å². The van der Waals surface area contributed by atoms with E-state index < -0.39 is 59.6 Å². The second-order valence-electron chi connectivity index (χ2n) is 28.3. The number of Topliss-reactive ketones (excluding diaryl/α,β-unsaturated/α-hetero) is 1. The van der Waals surface area contributed by atoms with Gasteiger partial charge in [0.1, 0.15) is 27.0 Å². The summed E-state index contributed by atoms with van der Waals surface area (Å²) in [5, 5.41) is 33.6. The second kappa shape index (κ2) is 26.9. The fraction of sp³-hybridized carbons (Fsp3) is 0.577. The van der Waals surface area contributed by atoms with Crippen LogP contribution in [-0.4, -0.2) is 121 Å². The normalized spacial score (nSPS) is 33.1. The van der Waals surface area contributed by atoms with Crippen molar-refractivity contribution in [1.29, 1.82) is 0 Å². The van der Waals surface area contributed by atoms with Crippen LogP contribution in [-0.2, 0) is 50.4 Å². The van der Waals surface area contributed by atoms with E-state index in [1.807, 2.05) is 64.1 Å². The van der Waals surface area contributed by atoms with Crippen LogP contribution in [0.25, 0.3) is 0 Å². The first kappa shape index (κ1) is 66.5. The van der Waals surface area contributed by atoms with Crippen molar-refractivity contribution in [3.05, 3.63) is 128 Å². The lowest BCUT2D eigenvalue weighted by Crippen LogP contribution is -2.49. The molecule has 17 nitrogen and oxygen atoms in total. The molecule has 4 bridgehead atoms. The first-order chi connectivity index (χ1) is 44.0. The number of rotatable bonds is 4. The van der Waals surface area contributed by atoms with Crippen LogP contribution in [0.4, 0.5) is 11.4 Å². The van der Waals surface area contributed by atoms with Crippen molar-refractivity contribution < 1.29 is 47.2 Å². The number of hydrogen-bond donors (Lipinski definition) is 3. The third-order valence-corrected chi connectivity index (χ3v) is 27.8. The molecule has 92 heavy (non-hydrogen) atoms. The zero-order valence-electron chi connectivity index (χ0n) is 54.0. The lowest BCUT2D eigenvalue weighted by atomic mass is 9.68. The number of aliphatic hydroxyl groups is 2. The average molecular weight is 1340 g/mol. The van der Waals surface area contributed by atoms with Crippen molar-refractivity contribution in [2.24, 2.45) is 56.4 Å². The van der Waals surface area contributed by atoms with Gasteiger partial charge in [0.15, 0.2) is 5.78 Å². The maximum atomic E-state index is 15.0. The van der Waals surface area contributed by atoms with Crippen LogP contribution in [0.2, 0.25) is 10.0 Å². The molecule has 2 fully saturated rings. The number of nitrogens with zero attached hydrogens (tertiary/aromatic N) is 6. The van der Waals surface area contributed by atoms with Crippen molar-refractivity contribution in [3.63, 3.8) is 0 Å². The molecular formula is C71H91Cl2N7O10S2. The molecule has 13 rings (SSSR count). The number of methoxy groups -OCH3 is 1. The molecule has 14 atom stereocenters. The van der Waals surface area contributed by atoms with Gasteiger partial charge in [0, 0.05) is 76.7 Å². The van der Waals surface area contributed by atoms with Gasteiger partial charge >= 0.3 is 0 Å². The van der Waals surface area contributed by atoms with Gasteiger partial charge in [-0.05, 0) is 222 Å². The number of aliphatic hydroxyl groups excluding tert-OH is 2. The number of aromatic nitrogens is 2. The summed E-state index contributed by atoms with van der Waals surface area (Å²) in [6.07, 6.45) is 15.2. The summed E-state index contributed by atoms with van der Waals surface area (Å²) in [5.74, 6) is 0.490. The molecular weight excluding hydrogens is 1250 g/mol. The van der Waals surface area contributed by atoms with Crippen LogP contribution >= 0.6 is 23.2 Å². The molecule has 4 aromatic carbocycles. The van der Waals surface area contributed by atoms with Gasteiger partial charge < -0.3 is 34.2 Å². The van der Waals surface area contributed by atoms with Gasteiger partial charge in [-0.3, -0.25) is 19.1 Å². The first-order valence-corrected chi connectivity index (χ1v) is 37.5. The van der Waals surface area contributed by atoms with Gasteiger partial charge in [-0.15, -0.1) is 9.46 Å². The first-order valence-electron chi connectivity index (χ1n) is 33.4. The molecule has 4 N–H and O–H groups in total. The molecule has 0 radical (unpaired) electrons. The molecule has 2 spiro atoms.